The molecule has 2 aromatic rings. The van der Waals surface area contributed by atoms with E-state index in [9.17, 15) is 14.4 Å². The zero-order valence-corrected chi connectivity index (χ0v) is 23.5. The second kappa shape index (κ2) is 11.5. The van der Waals surface area contributed by atoms with Crippen molar-refractivity contribution in [2.45, 2.75) is 85.0 Å². The van der Waals surface area contributed by atoms with Gasteiger partial charge in [-0.2, -0.15) is 0 Å². The number of benzene rings is 2. The van der Waals surface area contributed by atoms with Crippen LogP contribution in [0.2, 0.25) is 5.02 Å². The van der Waals surface area contributed by atoms with E-state index in [1.807, 2.05) is 50.2 Å². The van der Waals surface area contributed by atoms with E-state index in [0.717, 1.165) is 24.0 Å². The Morgan fingerprint density at radius 3 is 2.27 bits per heavy atom. The molecule has 2 N–H and O–H groups in total. The second-order valence-corrected chi connectivity index (χ2v) is 11.2. The van der Waals surface area contributed by atoms with E-state index < -0.39 is 23.8 Å². The Labute approximate surface area is 224 Å². The number of alkyl carbamates (subject to hydrolysis) is 1. The first-order valence-corrected chi connectivity index (χ1v) is 13.2. The smallest absolute Gasteiger partial charge is 0.408 e. The van der Waals surface area contributed by atoms with Crippen LogP contribution in [0.1, 0.15) is 70.7 Å². The van der Waals surface area contributed by atoms with Gasteiger partial charge in [0.25, 0.3) is 5.91 Å². The SMILES string of the molecule is CCc1ccc(C(C(=O)Nc2c(C)cccc2Cl)N(C(=O)C(C)NC(=O)OC(C)(C)C)C2CC2C)cc1. The van der Waals surface area contributed by atoms with Crippen LogP contribution in [0.3, 0.4) is 0 Å². The lowest BCUT2D eigenvalue weighted by molar-refractivity contribution is -0.141. The lowest BCUT2D eigenvalue weighted by atomic mass is 10.00. The minimum atomic E-state index is -0.910. The molecule has 0 heterocycles. The molecular formula is C29H38ClN3O4. The number of carbonyl (C=O) groups excluding carboxylic acids is 3. The zero-order chi connectivity index (χ0) is 27.5. The van der Waals surface area contributed by atoms with Crippen molar-refractivity contribution in [1.29, 1.82) is 0 Å². The summed E-state index contributed by atoms with van der Waals surface area (Å²) in [6.45, 7) is 12.9. The van der Waals surface area contributed by atoms with Crippen LogP contribution in [-0.2, 0) is 20.7 Å². The Bertz CT molecular complexity index is 1120. The molecule has 1 aliphatic carbocycles. The molecule has 37 heavy (non-hydrogen) atoms. The lowest BCUT2D eigenvalue weighted by Gasteiger charge is -2.34. The summed E-state index contributed by atoms with van der Waals surface area (Å²) in [5.41, 5.74) is 2.45. The summed E-state index contributed by atoms with van der Waals surface area (Å²) in [6, 6.07) is 11.2. The van der Waals surface area contributed by atoms with E-state index in [1.165, 1.54) is 0 Å². The number of hydrogen-bond donors (Lipinski definition) is 2. The predicted molar refractivity (Wildman–Crippen MR) is 147 cm³/mol. The van der Waals surface area contributed by atoms with Crippen LogP contribution < -0.4 is 10.6 Å². The van der Waals surface area contributed by atoms with Gasteiger partial charge in [-0.1, -0.05) is 61.8 Å². The van der Waals surface area contributed by atoms with E-state index >= 15 is 0 Å². The van der Waals surface area contributed by atoms with Crippen molar-refractivity contribution >= 4 is 35.2 Å². The average molecular weight is 528 g/mol. The number of para-hydroxylation sites is 1. The average Bonchev–Trinajstić information content (AvgIpc) is 3.53. The molecule has 3 amide bonds. The van der Waals surface area contributed by atoms with Gasteiger partial charge in [0.05, 0.1) is 10.7 Å². The topological polar surface area (TPSA) is 87.7 Å². The molecule has 4 unspecified atom stereocenters. The Morgan fingerprint density at radius 2 is 1.76 bits per heavy atom. The summed E-state index contributed by atoms with van der Waals surface area (Å²) >= 11 is 6.41. The van der Waals surface area contributed by atoms with Crippen LogP contribution in [-0.4, -0.2) is 40.5 Å². The second-order valence-electron chi connectivity index (χ2n) is 10.8. The van der Waals surface area contributed by atoms with E-state index in [2.05, 4.69) is 17.6 Å². The Balaban J connectivity index is 1.98. The number of carbonyl (C=O) groups is 3. The van der Waals surface area contributed by atoms with Crippen molar-refractivity contribution in [3.63, 3.8) is 0 Å². The number of hydrogen-bond acceptors (Lipinski definition) is 4. The van der Waals surface area contributed by atoms with E-state index in [0.29, 0.717) is 16.3 Å². The van der Waals surface area contributed by atoms with Gasteiger partial charge in [-0.3, -0.25) is 9.59 Å². The fraction of sp³-hybridized carbons (Fsp3) is 0.483. The number of nitrogens with one attached hydrogen (secondary N) is 2. The lowest BCUT2D eigenvalue weighted by Crippen LogP contribution is -2.52. The van der Waals surface area contributed by atoms with Crippen molar-refractivity contribution in [3.05, 3.63) is 64.2 Å². The highest BCUT2D eigenvalue weighted by Gasteiger charge is 2.47. The van der Waals surface area contributed by atoms with Gasteiger partial charge < -0.3 is 20.3 Å². The van der Waals surface area contributed by atoms with Crippen molar-refractivity contribution in [2.75, 3.05) is 5.32 Å². The molecule has 0 bridgehead atoms. The first-order chi connectivity index (χ1) is 17.3. The predicted octanol–water partition coefficient (Wildman–Crippen LogP) is 6.04. The van der Waals surface area contributed by atoms with Gasteiger partial charge in [0.1, 0.15) is 17.7 Å². The summed E-state index contributed by atoms with van der Waals surface area (Å²) in [5, 5.41) is 6.04. The van der Waals surface area contributed by atoms with Crippen LogP contribution in [0.4, 0.5) is 10.5 Å². The van der Waals surface area contributed by atoms with Crippen LogP contribution in [0, 0.1) is 12.8 Å². The summed E-state index contributed by atoms with van der Waals surface area (Å²) < 4.78 is 5.34. The zero-order valence-electron chi connectivity index (χ0n) is 22.7. The largest absolute Gasteiger partial charge is 0.444 e. The normalized spacial score (nSPS) is 18.4. The maximum absolute atomic E-state index is 13.9. The molecule has 8 heteroatoms. The van der Waals surface area contributed by atoms with Gasteiger partial charge in [0.15, 0.2) is 0 Å². The van der Waals surface area contributed by atoms with Crippen LogP contribution in [0.25, 0.3) is 0 Å². The van der Waals surface area contributed by atoms with Crippen molar-refractivity contribution < 1.29 is 19.1 Å². The first kappa shape index (κ1) is 28.5. The molecule has 4 atom stereocenters. The third-order valence-electron chi connectivity index (χ3n) is 6.48. The molecule has 0 saturated heterocycles. The molecule has 0 radical (unpaired) electrons. The molecular weight excluding hydrogens is 490 g/mol. The van der Waals surface area contributed by atoms with Gasteiger partial charge in [-0.25, -0.2) is 4.79 Å². The number of amides is 3. The Kier molecular flexibility index (Phi) is 8.90. The third kappa shape index (κ3) is 7.25. The summed E-state index contributed by atoms with van der Waals surface area (Å²) in [7, 11) is 0. The van der Waals surface area contributed by atoms with Crippen molar-refractivity contribution in [2.24, 2.45) is 5.92 Å². The standard InChI is InChI=1S/C29H38ClN3O4/c1-8-20-12-14-21(15-13-20)25(26(34)32-24-17(2)10-9-11-22(24)30)33(23-16-18(23)3)27(35)19(4)31-28(36)37-29(5,6)7/h9-15,18-19,23,25H,8,16H2,1-7H3,(H,31,36)(H,32,34). The van der Waals surface area contributed by atoms with Gasteiger partial charge in [0, 0.05) is 6.04 Å². The van der Waals surface area contributed by atoms with E-state index in [1.54, 1.807) is 38.7 Å². The summed E-state index contributed by atoms with van der Waals surface area (Å²) in [4.78, 5) is 41.8. The van der Waals surface area contributed by atoms with Crippen LogP contribution >= 0.6 is 11.6 Å². The fourth-order valence-corrected chi connectivity index (χ4v) is 4.57. The highest BCUT2D eigenvalue weighted by molar-refractivity contribution is 6.34. The maximum Gasteiger partial charge on any atom is 0.408 e. The van der Waals surface area contributed by atoms with E-state index in [4.69, 9.17) is 16.3 Å². The first-order valence-electron chi connectivity index (χ1n) is 12.8. The third-order valence-corrected chi connectivity index (χ3v) is 6.80. The monoisotopic (exact) mass is 527 g/mol. The van der Waals surface area contributed by atoms with Crippen LogP contribution in [0.15, 0.2) is 42.5 Å². The minimum Gasteiger partial charge on any atom is -0.444 e. The van der Waals surface area contributed by atoms with Gasteiger partial charge >= 0.3 is 6.09 Å². The molecule has 200 valence electrons. The number of aryl methyl sites for hydroxylation is 2. The number of nitrogens with zero attached hydrogens (tertiary/aromatic N) is 1. The van der Waals surface area contributed by atoms with Crippen molar-refractivity contribution in [1.82, 2.24) is 10.2 Å². The molecule has 1 aliphatic rings. The summed E-state index contributed by atoms with van der Waals surface area (Å²) in [6.07, 6.45) is 0.944. The number of anilines is 1. The summed E-state index contributed by atoms with van der Waals surface area (Å²) in [5.74, 6) is -0.488. The Hall–Kier alpha value is -3.06. The molecule has 3 rings (SSSR count). The number of rotatable bonds is 8. The fourth-order valence-electron chi connectivity index (χ4n) is 4.30. The molecule has 1 saturated carbocycles. The quantitative estimate of drug-likeness (QED) is 0.438. The maximum atomic E-state index is 13.9. The number of ether oxygens (including phenoxy) is 1. The molecule has 2 aromatic carbocycles. The molecule has 0 aromatic heterocycles. The Morgan fingerprint density at radius 1 is 1.14 bits per heavy atom. The van der Waals surface area contributed by atoms with Crippen molar-refractivity contribution in [3.8, 4) is 0 Å². The van der Waals surface area contributed by atoms with E-state index in [-0.39, 0.29) is 23.8 Å². The minimum absolute atomic E-state index is 0.135. The van der Waals surface area contributed by atoms with Gasteiger partial charge in [-0.15, -0.1) is 0 Å². The molecule has 7 nitrogen and oxygen atoms in total. The highest BCUT2D eigenvalue weighted by Crippen LogP contribution is 2.41. The highest BCUT2D eigenvalue weighted by atomic mass is 35.5. The molecule has 0 spiro atoms. The van der Waals surface area contributed by atoms with Crippen LogP contribution in [0.5, 0.6) is 0 Å². The molecule has 0 aliphatic heterocycles. The van der Waals surface area contributed by atoms with Gasteiger partial charge in [0.2, 0.25) is 5.91 Å². The van der Waals surface area contributed by atoms with Gasteiger partial charge in [-0.05, 0) is 76.1 Å². The number of halogens is 1. The molecule has 1 fully saturated rings.